The minimum atomic E-state index is -1.50. The summed E-state index contributed by atoms with van der Waals surface area (Å²) in [6.07, 6.45) is 0. The lowest BCUT2D eigenvalue weighted by atomic mass is 10.1. The highest BCUT2D eigenvalue weighted by atomic mass is 16.4. The minimum absolute atomic E-state index is 0.0515. The van der Waals surface area contributed by atoms with Crippen molar-refractivity contribution in [2.45, 2.75) is 6.54 Å². The highest BCUT2D eigenvalue weighted by Gasteiger charge is 2.16. The molecule has 0 aromatic heterocycles. The number of aromatic hydroxyl groups is 1. The molecule has 0 amide bonds. The van der Waals surface area contributed by atoms with E-state index in [0.29, 0.717) is 12.1 Å². The van der Waals surface area contributed by atoms with Gasteiger partial charge < -0.3 is 15.1 Å². The summed E-state index contributed by atoms with van der Waals surface area (Å²) in [4.78, 5) is 23.5. The first-order valence-corrected chi connectivity index (χ1v) is 4.66. The normalized spacial score (nSPS) is 10.4. The van der Waals surface area contributed by atoms with Crippen LogP contribution >= 0.6 is 0 Å². The van der Waals surface area contributed by atoms with Crippen LogP contribution in [0.2, 0.25) is 0 Å². The summed E-state index contributed by atoms with van der Waals surface area (Å²) in [6.45, 7) is 0.437. The molecule has 0 saturated heterocycles. The van der Waals surface area contributed by atoms with Crippen LogP contribution in [0.1, 0.15) is 15.9 Å². The molecule has 0 aliphatic rings. The van der Waals surface area contributed by atoms with E-state index in [4.69, 9.17) is 5.11 Å². The van der Waals surface area contributed by atoms with Gasteiger partial charge in [0.05, 0.1) is 0 Å². The monoisotopic (exact) mass is 223 g/mol. The van der Waals surface area contributed by atoms with Crippen LogP contribution in [0.25, 0.3) is 0 Å². The number of ketones is 1. The number of carboxylic acid groups (broad SMARTS) is 1. The van der Waals surface area contributed by atoms with Gasteiger partial charge in [-0.15, -0.1) is 0 Å². The van der Waals surface area contributed by atoms with E-state index < -0.39 is 11.8 Å². The number of carboxylic acids is 1. The van der Waals surface area contributed by atoms with Crippen molar-refractivity contribution < 1.29 is 19.8 Å². The maximum Gasteiger partial charge on any atom is 0.377 e. The molecular weight excluding hydrogens is 210 g/mol. The lowest BCUT2D eigenvalue weighted by Crippen LogP contribution is -2.15. The average Bonchev–Trinajstić information content (AvgIpc) is 2.19. The highest BCUT2D eigenvalue weighted by Crippen LogP contribution is 2.19. The van der Waals surface area contributed by atoms with Gasteiger partial charge >= 0.3 is 5.97 Å². The van der Waals surface area contributed by atoms with Gasteiger partial charge in [-0.3, -0.25) is 4.79 Å². The van der Waals surface area contributed by atoms with E-state index >= 15 is 0 Å². The van der Waals surface area contributed by atoms with Gasteiger partial charge in [-0.05, 0) is 32.3 Å². The molecule has 0 fully saturated rings. The fourth-order valence-corrected chi connectivity index (χ4v) is 1.32. The van der Waals surface area contributed by atoms with Gasteiger partial charge in [-0.25, -0.2) is 4.79 Å². The molecule has 16 heavy (non-hydrogen) atoms. The minimum Gasteiger partial charge on any atom is -0.508 e. The summed E-state index contributed by atoms with van der Waals surface area (Å²) in [7, 11) is 3.62. The standard InChI is InChI=1S/C11H13NO4/c1-12(2)6-8-5-7(3-4-9(8)13)10(14)11(15)16/h3-5,13H,6H2,1-2H3,(H,15,16). The summed E-state index contributed by atoms with van der Waals surface area (Å²) in [5.74, 6) is -2.42. The van der Waals surface area contributed by atoms with Crippen LogP contribution in [0.15, 0.2) is 18.2 Å². The van der Waals surface area contributed by atoms with Gasteiger partial charge in [-0.1, -0.05) is 0 Å². The van der Waals surface area contributed by atoms with E-state index in [-0.39, 0.29) is 11.3 Å². The van der Waals surface area contributed by atoms with Gasteiger partial charge in [0, 0.05) is 17.7 Å². The first kappa shape index (κ1) is 12.2. The Morgan fingerprint density at radius 1 is 1.31 bits per heavy atom. The molecule has 0 bridgehead atoms. The molecule has 0 saturated carbocycles. The first-order valence-electron chi connectivity index (χ1n) is 4.66. The Morgan fingerprint density at radius 3 is 2.44 bits per heavy atom. The molecule has 0 aliphatic carbocycles. The molecule has 0 heterocycles. The van der Waals surface area contributed by atoms with Crippen molar-refractivity contribution in [3.63, 3.8) is 0 Å². The third-order valence-corrected chi connectivity index (χ3v) is 2.02. The Morgan fingerprint density at radius 2 is 1.94 bits per heavy atom. The second-order valence-corrected chi connectivity index (χ2v) is 3.72. The van der Waals surface area contributed by atoms with Crippen molar-refractivity contribution in [3.8, 4) is 5.75 Å². The fraction of sp³-hybridized carbons (Fsp3) is 0.273. The van der Waals surface area contributed by atoms with Crippen molar-refractivity contribution in [1.29, 1.82) is 0 Å². The number of Topliss-reactive ketones (excluding diaryl/α,β-unsaturated/α-hetero) is 1. The first-order chi connectivity index (χ1) is 7.41. The Bertz CT molecular complexity index is 426. The number of carbonyl (C=O) groups excluding carboxylic acids is 1. The molecular formula is C11H13NO4. The van der Waals surface area contributed by atoms with Gasteiger partial charge in [0.2, 0.25) is 0 Å². The van der Waals surface area contributed by atoms with Gasteiger partial charge in [-0.2, -0.15) is 0 Å². The van der Waals surface area contributed by atoms with Gasteiger partial charge in [0.25, 0.3) is 5.78 Å². The number of rotatable bonds is 4. The maximum atomic E-state index is 11.2. The highest BCUT2D eigenvalue weighted by molar-refractivity contribution is 6.39. The predicted molar refractivity (Wildman–Crippen MR) is 57.5 cm³/mol. The summed E-state index contributed by atoms with van der Waals surface area (Å²) >= 11 is 0. The summed E-state index contributed by atoms with van der Waals surface area (Å²) in [5, 5.41) is 18.1. The van der Waals surface area contributed by atoms with E-state index in [1.165, 1.54) is 18.2 Å². The summed E-state index contributed by atoms with van der Waals surface area (Å²) in [5.41, 5.74) is 0.597. The molecule has 0 atom stereocenters. The second kappa shape index (κ2) is 4.76. The van der Waals surface area contributed by atoms with E-state index in [1.54, 1.807) is 0 Å². The topological polar surface area (TPSA) is 77.8 Å². The molecule has 0 spiro atoms. The third-order valence-electron chi connectivity index (χ3n) is 2.02. The average molecular weight is 223 g/mol. The van der Waals surface area contributed by atoms with Crippen LogP contribution < -0.4 is 0 Å². The largest absolute Gasteiger partial charge is 0.508 e. The smallest absolute Gasteiger partial charge is 0.377 e. The van der Waals surface area contributed by atoms with Crippen LogP contribution in [-0.4, -0.2) is 41.0 Å². The van der Waals surface area contributed by atoms with Gasteiger partial charge in [0.1, 0.15) is 5.75 Å². The molecule has 1 aromatic rings. The van der Waals surface area contributed by atoms with Crippen LogP contribution in [0, 0.1) is 0 Å². The zero-order valence-corrected chi connectivity index (χ0v) is 9.10. The number of aliphatic carboxylic acids is 1. The fourth-order valence-electron chi connectivity index (χ4n) is 1.32. The summed E-state index contributed by atoms with van der Waals surface area (Å²) in [6, 6.07) is 4.02. The molecule has 0 radical (unpaired) electrons. The number of hydrogen-bond acceptors (Lipinski definition) is 4. The quantitative estimate of drug-likeness (QED) is 0.581. The zero-order valence-electron chi connectivity index (χ0n) is 9.10. The zero-order chi connectivity index (χ0) is 12.3. The molecule has 1 rings (SSSR count). The number of benzene rings is 1. The van der Waals surface area contributed by atoms with E-state index in [9.17, 15) is 14.7 Å². The molecule has 86 valence electrons. The molecule has 5 nitrogen and oxygen atoms in total. The number of carbonyl (C=O) groups is 2. The van der Waals surface area contributed by atoms with Crippen LogP contribution in [0.5, 0.6) is 5.75 Å². The van der Waals surface area contributed by atoms with Crippen molar-refractivity contribution >= 4 is 11.8 Å². The molecule has 5 heteroatoms. The summed E-state index contributed by atoms with van der Waals surface area (Å²) < 4.78 is 0. The van der Waals surface area contributed by atoms with Crippen LogP contribution in [-0.2, 0) is 11.3 Å². The lowest BCUT2D eigenvalue weighted by Gasteiger charge is -2.11. The van der Waals surface area contributed by atoms with Crippen molar-refractivity contribution in [2.24, 2.45) is 0 Å². The predicted octanol–water partition coefficient (Wildman–Crippen LogP) is 0.721. The van der Waals surface area contributed by atoms with E-state index in [0.717, 1.165) is 0 Å². The number of nitrogens with zero attached hydrogens (tertiary/aromatic N) is 1. The maximum absolute atomic E-state index is 11.2. The number of phenolic OH excluding ortho intramolecular Hbond substituents is 1. The Labute approximate surface area is 92.9 Å². The Hall–Kier alpha value is -1.88. The number of hydrogen-bond donors (Lipinski definition) is 2. The van der Waals surface area contributed by atoms with Crippen molar-refractivity contribution in [2.75, 3.05) is 14.1 Å². The van der Waals surface area contributed by atoms with Crippen LogP contribution in [0.4, 0.5) is 0 Å². The lowest BCUT2D eigenvalue weighted by molar-refractivity contribution is -0.131. The van der Waals surface area contributed by atoms with Crippen LogP contribution in [0.3, 0.4) is 0 Å². The third kappa shape index (κ3) is 2.80. The SMILES string of the molecule is CN(C)Cc1cc(C(=O)C(=O)O)ccc1O. The molecule has 0 aliphatic heterocycles. The second-order valence-electron chi connectivity index (χ2n) is 3.72. The Balaban J connectivity index is 3.07. The van der Waals surface area contributed by atoms with Crippen molar-refractivity contribution in [3.05, 3.63) is 29.3 Å². The van der Waals surface area contributed by atoms with Crippen molar-refractivity contribution in [1.82, 2.24) is 4.90 Å². The molecule has 2 N–H and O–H groups in total. The van der Waals surface area contributed by atoms with E-state index in [1.807, 2.05) is 19.0 Å². The van der Waals surface area contributed by atoms with E-state index in [2.05, 4.69) is 0 Å². The molecule has 0 unspecified atom stereocenters. The van der Waals surface area contributed by atoms with Gasteiger partial charge in [0.15, 0.2) is 0 Å². The Kier molecular flexibility index (Phi) is 3.63. The number of phenols is 1. The molecule has 1 aromatic carbocycles.